The third-order valence-corrected chi connectivity index (χ3v) is 7.25. The monoisotopic (exact) mass is 301 g/mol. The molecule has 0 saturated carbocycles. The molecule has 109 valence electrons. The number of hydrogen-bond donors (Lipinski definition) is 0. The second kappa shape index (κ2) is 6.76. The second-order valence-corrected chi connectivity index (χ2v) is 8.63. The van der Waals surface area contributed by atoms with Crippen LogP contribution < -0.4 is 10.4 Å². The summed E-state index contributed by atoms with van der Waals surface area (Å²) in [6, 6.07) is 30.9. The van der Waals surface area contributed by atoms with E-state index in [1.54, 1.807) is 0 Å². The van der Waals surface area contributed by atoms with Crippen molar-refractivity contribution in [2.45, 2.75) is 19.4 Å². The maximum absolute atomic E-state index is 2.38. The molecule has 3 aromatic rings. The molecule has 0 amide bonds. The molecule has 3 aromatic carbocycles. The molecule has 0 heterocycles. The lowest BCUT2D eigenvalue weighted by molar-refractivity contribution is 1.05. The van der Waals surface area contributed by atoms with Crippen LogP contribution in [0.4, 0.5) is 0 Å². The van der Waals surface area contributed by atoms with Crippen molar-refractivity contribution in [3.05, 3.63) is 96.1 Å². The molecule has 22 heavy (non-hydrogen) atoms. The number of rotatable bonds is 4. The van der Waals surface area contributed by atoms with Gasteiger partial charge in [-0.1, -0.05) is 108 Å². The molecular formula is C21H21Si. The van der Waals surface area contributed by atoms with Gasteiger partial charge in [0.2, 0.25) is 0 Å². The molecule has 0 N–H and O–H groups in total. The Bertz CT molecular complexity index is 680. The highest BCUT2D eigenvalue weighted by atomic mass is 28.3. The molecular weight excluding hydrogens is 280 g/mol. The summed E-state index contributed by atoms with van der Waals surface area (Å²) >= 11 is 0. The van der Waals surface area contributed by atoms with E-state index in [1.165, 1.54) is 21.5 Å². The van der Waals surface area contributed by atoms with Crippen molar-refractivity contribution in [1.82, 2.24) is 0 Å². The van der Waals surface area contributed by atoms with E-state index in [1.807, 2.05) is 0 Å². The van der Waals surface area contributed by atoms with Gasteiger partial charge in [0.25, 0.3) is 0 Å². The Morgan fingerprint density at radius 2 is 1.23 bits per heavy atom. The summed E-state index contributed by atoms with van der Waals surface area (Å²) in [6.07, 6.45) is 0. The lowest BCUT2D eigenvalue weighted by atomic mass is 10.1. The third kappa shape index (κ3) is 3.20. The highest BCUT2D eigenvalue weighted by molar-refractivity contribution is 6.86. The zero-order chi connectivity index (χ0) is 15.4. The maximum atomic E-state index is 2.38. The van der Waals surface area contributed by atoms with E-state index in [0.29, 0.717) is 5.54 Å². The summed E-state index contributed by atoms with van der Waals surface area (Å²) < 4.78 is 0. The lowest BCUT2D eigenvalue weighted by Crippen LogP contribution is -2.46. The van der Waals surface area contributed by atoms with Crippen molar-refractivity contribution < 1.29 is 0 Å². The maximum Gasteiger partial charge on any atom is 0.128 e. The van der Waals surface area contributed by atoms with E-state index < -0.39 is 8.80 Å². The van der Waals surface area contributed by atoms with Crippen LogP contribution in [0, 0.1) is 6.92 Å². The average molecular weight is 301 g/mol. The Balaban J connectivity index is 2.06. The largest absolute Gasteiger partial charge is 0.128 e. The number of benzene rings is 3. The van der Waals surface area contributed by atoms with Crippen LogP contribution in [0.5, 0.6) is 0 Å². The van der Waals surface area contributed by atoms with Crippen LogP contribution in [0.2, 0.25) is 0 Å². The van der Waals surface area contributed by atoms with E-state index in [9.17, 15) is 0 Å². The third-order valence-electron chi connectivity index (χ3n) is 4.14. The van der Waals surface area contributed by atoms with Crippen LogP contribution in [0.1, 0.15) is 23.6 Å². The summed E-state index contributed by atoms with van der Waals surface area (Å²) in [6.45, 7) is 4.55. The van der Waals surface area contributed by atoms with Gasteiger partial charge in [0, 0.05) is 0 Å². The molecule has 0 aliphatic rings. The molecule has 0 nitrogen and oxygen atoms in total. The quantitative estimate of drug-likeness (QED) is 0.640. The fourth-order valence-electron chi connectivity index (χ4n) is 3.01. The van der Waals surface area contributed by atoms with Gasteiger partial charge in [-0.05, 0) is 18.0 Å². The SMILES string of the molecule is Cc1cccc([C@H](C)[Si](c2ccccc2)c2ccccc2)c1. The molecule has 0 fully saturated rings. The van der Waals surface area contributed by atoms with Crippen LogP contribution in [0.25, 0.3) is 0 Å². The number of aryl methyl sites for hydroxylation is 1. The van der Waals surface area contributed by atoms with Gasteiger partial charge in [-0.3, -0.25) is 0 Å². The van der Waals surface area contributed by atoms with Gasteiger partial charge in [0.1, 0.15) is 8.80 Å². The lowest BCUT2D eigenvalue weighted by Gasteiger charge is -2.24. The Labute approximate surface area is 135 Å². The Morgan fingerprint density at radius 3 is 1.73 bits per heavy atom. The van der Waals surface area contributed by atoms with E-state index >= 15 is 0 Å². The van der Waals surface area contributed by atoms with Gasteiger partial charge in [-0.25, -0.2) is 0 Å². The summed E-state index contributed by atoms with van der Waals surface area (Å²) in [5.74, 6) is 0. The minimum atomic E-state index is -0.846. The first-order chi connectivity index (χ1) is 10.8. The molecule has 0 aliphatic heterocycles. The fourth-order valence-corrected chi connectivity index (χ4v) is 5.96. The molecule has 0 aliphatic carbocycles. The van der Waals surface area contributed by atoms with Crippen molar-refractivity contribution in [1.29, 1.82) is 0 Å². The summed E-state index contributed by atoms with van der Waals surface area (Å²) in [5.41, 5.74) is 3.32. The normalized spacial score (nSPS) is 12.3. The zero-order valence-electron chi connectivity index (χ0n) is 13.2. The Kier molecular flexibility index (Phi) is 4.55. The van der Waals surface area contributed by atoms with Crippen LogP contribution in [-0.2, 0) is 0 Å². The molecule has 0 spiro atoms. The van der Waals surface area contributed by atoms with E-state index in [2.05, 4.69) is 98.8 Å². The van der Waals surface area contributed by atoms with Gasteiger partial charge in [-0.15, -0.1) is 0 Å². The molecule has 3 rings (SSSR count). The van der Waals surface area contributed by atoms with Crippen molar-refractivity contribution >= 4 is 19.2 Å². The Morgan fingerprint density at radius 1 is 0.682 bits per heavy atom. The van der Waals surface area contributed by atoms with Crippen molar-refractivity contribution in [2.24, 2.45) is 0 Å². The van der Waals surface area contributed by atoms with Gasteiger partial charge >= 0.3 is 0 Å². The van der Waals surface area contributed by atoms with Gasteiger partial charge in [0.15, 0.2) is 0 Å². The average Bonchev–Trinajstić information content (AvgIpc) is 2.57. The summed E-state index contributed by atoms with van der Waals surface area (Å²) in [5, 5.41) is 2.96. The first kappa shape index (κ1) is 14.8. The molecule has 1 radical (unpaired) electrons. The van der Waals surface area contributed by atoms with Crippen molar-refractivity contribution in [2.75, 3.05) is 0 Å². The summed E-state index contributed by atoms with van der Waals surface area (Å²) in [4.78, 5) is 0. The first-order valence-corrected chi connectivity index (χ1v) is 9.37. The van der Waals surface area contributed by atoms with E-state index in [4.69, 9.17) is 0 Å². The van der Waals surface area contributed by atoms with E-state index in [-0.39, 0.29) is 0 Å². The topological polar surface area (TPSA) is 0 Å². The minimum absolute atomic E-state index is 0.537. The van der Waals surface area contributed by atoms with Crippen LogP contribution in [0.15, 0.2) is 84.9 Å². The van der Waals surface area contributed by atoms with Crippen LogP contribution in [-0.4, -0.2) is 8.80 Å². The predicted molar refractivity (Wildman–Crippen MR) is 97.5 cm³/mol. The minimum Gasteiger partial charge on any atom is -0.0628 e. The van der Waals surface area contributed by atoms with E-state index in [0.717, 1.165) is 0 Å². The summed E-state index contributed by atoms with van der Waals surface area (Å²) in [7, 11) is -0.846. The fraction of sp³-hybridized carbons (Fsp3) is 0.143. The van der Waals surface area contributed by atoms with Gasteiger partial charge < -0.3 is 0 Å². The first-order valence-electron chi connectivity index (χ1n) is 7.80. The smallest absolute Gasteiger partial charge is 0.0628 e. The van der Waals surface area contributed by atoms with Gasteiger partial charge in [-0.2, -0.15) is 0 Å². The molecule has 1 atom stereocenters. The molecule has 0 saturated heterocycles. The number of hydrogen-bond acceptors (Lipinski definition) is 0. The standard InChI is InChI=1S/C21H21Si/c1-17-10-9-11-19(16-17)18(2)22(20-12-5-3-6-13-20)21-14-7-4-8-15-21/h3-16,18H,1-2H3/t18-/m0/s1. The highest BCUT2D eigenvalue weighted by Crippen LogP contribution is 2.19. The zero-order valence-corrected chi connectivity index (χ0v) is 14.2. The second-order valence-electron chi connectivity index (χ2n) is 5.78. The van der Waals surface area contributed by atoms with Gasteiger partial charge in [0.05, 0.1) is 0 Å². The molecule has 0 aromatic heterocycles. The molecule has 1 heteroatoms. The highest BCUT2D eigenvalue weighted by Gasteiger charge is 2.25. The van der Waals surface area contributed by atoms with Crippen LogP contribution >= 0.6 is 0 Å². The van der Waals surface area contributed by atoms with Crippen molar-refractivity contribution in [3.63, 3.8) is 0 Å². The molecule has 0 bridgehead atoms. The Hall–Kier alpha value is -2.12. The molecule has 0 unspecified atom stereocenters. The van der Waals surface area contributed by atoms with Crippen molar-refractivity contribution in [3.8, 4) is 0 Å². The van der Waals surface area contributed by atoms with Crippen LogP contribution in [0.3, 0.4) is 0 Å². The predicted octanol–water partition coefficient (Wildman–Crippen LogP) is 3.95.